The van der Waals surface area contributed by atoms with Gasteiger partial charge in [0.1, 0.15) is 5.15 Å². The highest BCUT2D eigenvalue weighted by Gasteiger charge is 2.11. The van der Waals surface area contributed by atoms with Gasteiger partial charge in [-0.1, -0.05) is 37.1 Å². The predicted octanol–water partition coefficient (Wildman–Crippen LogP) is 3.09. The summed E-state index contributed by atoms with van der Waals surface area (Å²) < 4.78 is 24.1. The second-order valence-electron chi connectivity index (χ2n) is 6.20. The first kappa shape index (κ1) is 21.1. The van der Waals surface area contributed by atoms with Crippen LogP contribution < -0.4 is 10.5 Å². The Balaban J connectivity index is 2.08. The molecule has 1 aromatic heterocycles. The molecule has 0 saturated heterocycles. The Morgan fingerprint density at radius 1 is 1.41 bits per heavy atom. The minimum atomic E-state index is -3.63. The van der Waals surface area contributed by atoms with Crippen LogP contribution in [0.15, 0.2) is 30.3 Å². The zero-order valence-corrected chi connectivity index (χ0v) is 16.8. The Kier molecular flexibility index (Phi) is 7.18. The van der Waals surface area contributed by atoms with E-state index in [1.807, 2.05) is 6.92 Å². The number of nitrogens with zero attached hydrogens (tertiary/aromatic N) is 2. The van der Waals surface area contributed by atoms with Crippen molar-refractivity contribution in [3.63, 3.8) is 0 Å². The fourth-order valence-electron chi connectivity index (χ4n) is 2.53. The molecule has 0 aliphatic rings. The van der Waals surface area contributed by atoms with Crippen LogP contribution in [0.4, 0.5) is 5.69 Å². The normalized spacial score (nSPS) is 11.9. The molecule has 146 valence electrons. The molecule has 2 aromatic rings. The maximum atomic E-state index is 12.2. The van der Waals surface area contributed by atoms with Gasteiger partial charge in [-0.2, -0.15) is 5.10 Å². The van der Waals surface area contributed by atoms with Crippen molar-refractivity contribution in [3.8, 4) is 0 Å². The summed E-state index contributed by atoms with van der Waals surface area (Å²) in [6.07, 6.45) is 5.00. The van der Waals surface area contributed by atoms with Crippen molar-refractivity contribution in [3.05, 3.63) is 52.3 Å². The summed E-state index contributed by atoms with van der Waals surface area (Å²) in [5, 5.41) is 12.6. The highest BCUT2D eigenvalue weighted by atomic mass is 35.5. The van der Waals surface area contributed by atoms with Crippen LogP contribution in [0.3, 0.4) is 0 Å². The van der Waals surface area contributed by atoms with Crippen LogP contribution in [0.5, 0.6) is 0 Å². The van der Waals surface area contributed by atoms with Crippen molar-refractivity contribution in [2.24, 2.45) is 5.14 Å². The first-order valence-electron chi connectivity index (χ1n) is 8.51. The number of aryl methyl sites for hydroxylation is 2. The Bertz CT molecular complexity index is 952. The minimum Gasteiger partial charge on any atom is -0.323 e. The molecule has 0 atom stereocenters. The molecule has 0 aliphatic heterocycles. The fourth-order valence-corrected chi connectivity index (χ4v) is 3.49. The van der Waals surface area contributed by atoms with E-state index < -0.39 is 10.0 Å². The van der Waals surface area contributed by atoms with Crippen molar-refractivity contribution in [2.45, 2.75) is 39.0 Å². The molecule has 3 N–H and O–H groups in total. The van der Waals surface area contributed by atoms with Gasteiger partial charge in [0.25, 0.3) is 0 Å². The van der Waals surface area contributed by atoms with E-state index in [1.54, 1.807) is 35.0 Å². The standard InChI is InChI=1S/C18H23ClN4O3S/c1-3-4-10-23-18(19)16(13(2)22-23)8-9-17(24)21-15-7-5-6-14(11-15)12-27(20,25)26/h5-9,11H,3-4,10,12H2,1-2H3,(H,21,24)(H2,20,25,26)/b9-8+. The van der Waals surface area contributed by atoms with Gasteiger partial charge in [0, 0.05) is 23.9 Å². The van der Waals surface area contributed by atoms with Crippen LogP contribution in [-0.4, -0.2) is 24.1 Å². The lowest BCUT2D eigenvalue weighted by atomic mass is 10.2. The summed E-state index contributed by atoms with van der Waals surface area (Å²) in [4.78, 5) is 12.2. The highest BCUT2D eigenvalue weighted by molar-refractivity contribution is 7.88. The lowest BCUT2D eigenvalue weighted by Gasteiger charge is -2.05. The molecule has 0 unspecified atom stereocenters. The maximum absolute atomic E-state index is 12.2. The molecule has 2 rings (SSSR count). The van der Waals surface area contributed by atoms with E-state index >= 15 is 0 Å². The molecular formula is C18H23ClN4O3S. The molecular weight excluding hydrogens is 388 g/mol. The van der Waals surface area contributed by atoms with E-state index in [0.29, 0.717) is 22.0 Å². The van der Waals surface area contributed by atoms with E-state index in [0.717, 1.165) is 25.1 Å². The number of amides is 1. The van der Waals surface area contributed by atoms with Gasteiger partial charge in [0.05, 0.1) is 11.4 Å². The molecule has 0 bridgehead atoms. The maximum Gasteiger partial charge on any atom is 0.248 e. The van der Waals surface area contributed by atoms with Crippen molar-refractivity contribution in [1.29, 1.82) is 0 Å². The number of anilines is 1. The van der Waals surface area contributed by atoms with E-state index in [2.05, 4.69) is 17.3 Å². The number of nitrogens with one attached hydrogen (secondary N) is 1. The van der Waals surface area contributed by atoms with Crippen molar-refractivity contribution < 1.29 is 13.2 Å². The minimum absolute atomic E-state index is 0.293. The monoisotopic (exact) mass is 410 g/mol. The number of aromatic nitrogens is 2. The number of hydrogen-bond donors (Lipinski definition) is 2. The van der Waals surface area contributed by atoms with E-state index in [-0.39, 0.29) is 11.7 Å². The van der Waals surface area contributed by atoms with Gasteiger partial charge < -0.3 is 5.32 Å². The number of benzene rings is 1. The van der Waals surface area contributed by atoms with Gasteiger partial charge in [-0.05, 0) is 37.1 Å². The smallest absolute Gasteiger partial charge is 0.248 e. The Morgan fingerprint density at radius 2 is 2.15 bits per heavy atom. The van der Waals surface area contributed by atoms with Crippen molar-refractivity contribution in [1.82, 2.24) is 9.78 Å². The topological polar surface area (TPSA) is 107 Å². The lowest BCUT2D eigenvalue weighted by molar-refractivity contribution is -0.111. The largest absolute Gasteiger partial charge is 0.323 e. The quantitative estimate of drug-likeness (QED) is 0.652. The summed E-state index contributed by atoms with van der Waals surface area (Å²) in [7, 11) is -3.63. The van der Waals surface area contributed by atoms with Gasteiger partial charge in [-0.3, -0.25) is 9.48 Å². The molecule has 0 fully saturated rings. The van der Waals surface area contributed by atoms with Crippen molar-refractivity contribution >= 4 is 39.3 Å². The first-order valence-corrected chi connectivity index (χ1v) is 10.6. The van der Waals surface area contributed by atoms with E-state index in [1.165, 1.54) is 6.08 Å². The second kappa shape index (κ2) is 9.16. The van der Waals surface area contributed by atoms with Gasteiger partial charge in [0.15, 0.2) is 0 Å². The van der Waals surface area contributed by atoms with E-state index in [4.69, 9.17) is 16.7 Å². The van der Waals surface area contributed by atoms with Gasteiger partial charge >= 0.3 is 0 Å². The average molecular weight is 411 g/mol. The van der Waals surface area contributed by atoms with Crippen LogP contribution >= 0.6 is 11.6 Å². The number of primary sulfonamides is 1. The third kappa shape index (κ3) is 6.50. The number of rotatable bonds is 8. The zero-order valence-electron chi connectivity index (χ0n) is 15.3. The van der Waals surface area contributed by atoms with E-state index in [9.17, 15) is 13.2 Å². The lowest BCUT2D eigenvalue weighted by Crippen LogP contribution is -2.15. The third-order valence-corrected chi connectivity index (χ3v) is 4.93. The zero-order chi connectivity index (χ0) is 20.0. The number of carbonyl (C=O) groups is 1. The van der Waals surface area contributed by atoms with Crippen LogP contribution in [0.1, 0.15) is 36.6 Å². The molecule has 0 saturated carbocycles. The molecule has 0 spiro atoms. The van der Waals surface area contributed by atoms with Gasteiger partial charge in [0.2, 0.25) is 15.9 Å². The van der Waals surface area contributed by atoms with Gasteiger partial charge in [-0.15, -0.1) is 0 Å². The number of unbranched alkanes of at least 4 members (excludes halogenated alkanes) is 1. The number of carbonyl (C=O) groups excluding carboxylic acids is 1. The number of halogens is 1. The predicted molar refractivity (Wildman–Crippen MR) is 108 cm³/mol. The first-order chi connectivity index (χ1) is 12.7. The van der Waals surface area contributed by atoms with Crippen LogP contribution in [0, 0.1) is 6.92 Å². The molecule has 27 heavy (non-hydrogen) atoms. The summed E-state index contributed by atoms with van der Waals surface area (Å²) in [6, 6.07) is 6.51. The molecule has 0 aliphatic carbocycles. The summed E-state index contributed by atoms with van der Waals surface area (Å²) in [5.74, 6) is -0.655. The fraction of sp³-hybridized carbons (Fsp3) is 0.333. The van der Waals surface area contributed by atoms with Crippen LogP contribution in [-0.2, 0) is 27.1 Å². The second-order valence-corrected chi connectivity index (χ2v) is 8.17. The molecule has 7 nitrogen and oxygen atoms in total. The van der Waals surface area contributed by atoms with Crippen LogP contribution in [0.25, 0.3) is 6.08 Å². The molecule has 1 amide bonds. The summed E-state index contributed by atoms with van der Waals surface area (Å²) in [6.45, 7) is 4.66. The molecule has 1 aromatic carbocycles. The SMILES string of the molecule is CCCCn1nc(C)c(/C=C/C(=O)Nc2cccc(CS(N)(=O)=O)c2)c1Cl. The highest BCUT2D eigenvalue weighted by Crippen LogP contribution is 2.22. The average Bonchev–Trinajstić information content (AvgIpc) is 2.83. The number of hydrogen-bond acceptors (Lipinski definition) is 4. The third-order valence-electron chi connectivity index (χ3n) is 3.80. The molecule has 0 radical (unpaired) electrons. The Hall–Kier alpha value is -2.16. The van der Waals surface area contributed by atoms with Crippen LogP contribution in [0.2, 0.25) is 5.15 Å². The summed E-state index contributed by atoms with van der Waals surface area (Å²) >= 11 is 6.34. The van der Waals surface area contributed by atoms with Gasteiger partial charge in [-0.25, -0.2) is 13.6 Å². The summed E-state index contributed by atoms with van der Waals surface area (Å²) in [5.41, 5.74) is 2.42. The number of sulfonamides is 1. The molecule has 9 heteroatoms. The Morgan fingerprint density at radius 3 is 2.81 bits per heavy atom. The van der Waals surface area contributed by atoms with Crippen molar-refractivity contribution in [2.75, 3.05) is 5.32 Å². The Labute approximate surface area is 164 Å². The molecule has 1 heterocycles. The number of nitrogens with two attached hydrogens (primary N) is 1.